The maximum absolute atomic E-state index is 12.8. The van der Waals surface area contributed by atoms with Crippen molar-refractivity contribution in [2.75, 3.05) is 6.61 Å². The number of hydrogen-bond donors (Lipinski definition) is 7. The topological polar surface area (TPSA) is 186 Å². The van der Waals surface area contributed by atoms with Crippen LogP contribution < -0.4 is 0 Å². The third kappa shape index (κ3) is 4.74. The van der Waals surface area contributed by atoms with Crippen molar-refractivity contribution in [2.24, 2.45) is 11.8 Å². The van der Waals surface area contributed by atoms with Crippen molar-refractivity contribution < 1.29 is 54.8 Å². The molecule has 0 radical (unpaired) electrons. The molecule has 32 heavy (non-hydrogen) atoms. The van der Waals surface area contributed by atoms with E-state index in [1.165, 1.54) is 0 Å². The molecule has 2 saturated heterocycles. The van der Waals surface area contributed by atoms with E-state index in [9.17, 15) is 40.5 Å². The number of hydrogen-bond acceptors (Lipinski definition) is 11. The van der Waals surface area contributed by atoms with Gasteiger partial charge in [-0.05, 0) is 25.2 Å². The van der Waals surface area contributed by atoms with Gasteiger partial charge in [0, 0.05) is 19.3 Å². The lowest BCUT2D eigenvalue weighted by atomic mass is 9.73. The molecule has 4 aliphatic rings. The average molecular weight is 462 g/mol. The lowest BCUT2D eigenvalue weighted by Crippen LogP contribution is -2.61. The minimum atomic E-state index is -1.57. The van der Waals surface area contributed by atoms with E-state index in [0.29, 0.717) is 19.3 Å². The fourth-order valence-corrected chi connectivity index (χ4v) is 5.59. The van der Waals surface area contributed by atoms with Gasteiger partial charge in [-0.3, -0.25) is 4.79 Å². The highest BCUT2D eigenvalue weighted by atomic mass is 16.7. The summed E-state index contributed by atoms with van der Waals surface area (Å²) in [6, 6.07) is 0. The quantitative estimate of drug-likeness (QED) is 0.229. The molecule has 7 N–H and O–H groups in total. The van der Waals surface area contributed by atoms with Crippen LogP contribution in [0.4, 0.5) is 0 Å². The Morgan fingerprint density at radius 2 is 1.56 bits per heavy atom. The Labute approximate surface area is 185 Å². The second-order valence-corrected chi connectivity index (χ2v) is 9.61. The van der Waals surface area contributed by atoms with Crippen molar-refractivity contribution in [3.8, 4) is 0 Å². The Kier molecular flexibility index (Phi) is 7.52. The van der Waals surface area contributed by atoms with Crippen molar-refractivity contribution in [1.82, 2.24) is 0 Å². The lowest BCUT2D eigenvalue weighted by molar-refractivity contribution is -0.318. The number of aliphatic hydroxyl groups is 7. The highest BCUT2D eigenvalue weighted by molar-refractivity contribution is 5.83. The molecule has 4 rings (SSSR count). The van der Waals surface area contributed by atoms with Gasteiger partial charge in [0.25, 0.3) is 0 Å². The summed E-state index contributed by atoms with van der Waals surface area (Å²) in [5, 5.41) is 69.8. The first kappa shape index (κ1) is 24.4. The Bertz CT molecular complexity index is 660. The van der Waals surface area contributed by atoms with Crippen LogP contribution in [0.3, 0.4) is 0 Å². The zero-order valence-electron chi connectivity index (χ0n) is 17.7. The van der Waals surface area contributed by atoms with E-state index >= 15 is 0 Å². The highest BCUT2D eigenvalue weighted by Crippen LogP contribution is 2.41. The van der Waals surface area contributed by atoms with Crippen LogP contribution >= 0.6 is 0 Å². The predicted molar refractivity (Wildman–Crippen MR) is 105 cm³/mol. The van der Waals surface area contributed by atoms with Gasteiger partial charge in [0.2, 0.25) is 0 Å². The summed E-state index contributed by atoms with van der Waals surface area (Å²) in [4.78, 5) is 12.8. The second-order valence-electron chi connectivity index (χ2n) is 9.61. The molecule has 184 valence electrons. The standard InChI is InChI=1S/C21H34O11/c22-7-16-18(27)19(28)20(29)21(32-16)30-9-4-12(25)17-13(26)6-14(31-15(17)5-9)8-1-2-10(23)11(24)3-8/h8-12,14-25,27-29H,1-7H2. The van der Waals surface area contributed by atoms with Crippen molar-refractivity contribution in [3.05, 3.63) is 0 Å². The van der Waals surface area contributed by atoms with Crippen LogP contribution in [0.5, 0.6) is 0 Å². The summed E-state index contributed by atoms with van der Waals surface area (Å²) in [6.45, 7) is -0.579. The van der Waals surface area contributed by atoms with E-state index in [1.54, 1.807) is 0 Å². The zero-order valence-corrected chi connectivity index (χ0v) is 17.7. The van der Waals surface area contributed by atoms with Gasteiger partial charge in [-0.2, -0.15) is 0 Å². The largest absolute Gasteiger partial charge is 0.394 e. The van der Waals surface area contributed by atoms with Crippen molar-refractivity contribution in [2.45, 2.75) is 106 Å². The Morgan fingerprint density at radius 1 is 0.812 bits per heavy atom. The van der Waals surface area contributed by atoms with Crippen LogP contribution in [0, 0.1) is 11.8 Å². The summed E-state index contributed by atoms with van der Waals surface area (Å²) in [6.07, 6.45) is -9.53. The summed E-state index contributed by atoms with van der Waals surface area (Å²) in [5.74, 6) is -0.882. The molecule has 0 aromatic heterocycles. The number of Topliss-reactive ketones (excluding diaryl/α,β-unsaturated/α-hetero) is 1. The predicted octanol–water partition coefficient (Wildman–Crippen LogP) is -2.81. The molecular weight excluding hydrogens is 428 g/mol. The van der Waals surface area contributed by atoms with E-state index in [-0.39, 0.29) is 31.0 Å². The number of rotatable bonds is 4. The van der Waals surface area contributed by atoms with E-state index in [4.69, 9.17) is 14.2 Å². The molecule has 0 aromatic rings. The maximum Gasteiger partial charge on any atom is 0.186 e. The van der Waals surface area contributed by atoms with Crippen LogP contribution in [0.2, 0.25) is 0 Å². The Morgan fingerprint density at radius 3 is 2.25 bits per heavy atom. The number of ether oxygens (including phenoxy) is 3. The molecule has 11 nitrogen and oxygen atoms in total. The smallest absolute Gasteiger partial charge is 0.186 e. The minimum Gasteiger partial charge on any atom is -0.394 e. The summed E-state index contributed by atoms with van der Waals surface area (Å²) >= 11 is 0. The normalized spacial score (nSPS) is 52.5. The molecular formula is C21H34O11. The van der Waals surface area contributed by atoms with Crippen LogP contribution in [-0.4, -0.2) is 115 Å². The molecule has 13 atom stereocenters. The summed E-state index contributed by atoms with van der Waals surface area (Å²) < 4.78 is 17.4. The van der Waals surface area contributed by atoms with E-state index in [2.05, 4.69) is 0 Å². The van der Waals surface area contributed by atoms with Gasteiger partial charge in [0.05, 0.1) is 49.1 Å². The molecule has 13 unspecified atom stereocenters. The van der Waals surface area contributed by atoms with Crippen LogP contribution in [0.15, 0.2) is 0 Å². The third-order valence-corrected chi connectivity index (χ3v) is 7.46. The number of carbonyl (C=O) groups is 1. The summed E-state index contributed by atoms with van der Waals surface area (Å²) in [5.41, 5.74) is 0. The van der Waals surface area contributed by atoms with E-state index < -0.39 is 79.9 Å². The lowest BCUT2D eigenvalue weighted by Gasteiger charge is -2.47. The van der Waals surface area contributed by atoms with Gasteiger partial charge < -0.3 is 50.0 Å². The van der Waals surface area contributed by atoms with Crippen LogP contribution in [0.25, 0.3) is 0 Å². The van der Waals surface area contributed by atoms with Gasteiger partial charge in [0.15, 0.2) is 6.29 Å². The zero-order chi connectivity index (χ0) is 23.2. The van der Waals surface area contributed by atoms with Gasteiger partial charge >= 0.3 is 0 Å². The fourth-order valence-electron chi connectivity index (χ4n) is 5.59. The van der Waals surface area contributed by atoms with Crippen molar-refractivity contribution in [3.63, 3.8) is 0 Å². The number of carbonyl (C=O) groups excluding carboxylic acids is 1. The molecule has 2 aliphatic heterocycles. The Balaban J connectivity index is 1.41. The molecule has 2 heterocycles. The molecule has 0 aromatic carbocycles. The maximum atomic E-state index is 12.8. The molecule has 0 amide bonds. The van der Waals surface area contributed by atoms with Gasteiger partial charge in [-0.15, -0.1) is 0 Å². The average Bonchev–Trinajstić information content (AvgIpc) is 2.75. The minimum absolute atomic E-state index is 0.0813. The van der Waals surface area contributed by atoms with E-state index in [1.807, 2.05) is 0 Å². The first-order valence-corrected chi connectivity index (χ1v) is 11.4. The highest BCUT2D eigenvalue weighted by Gasteiger charge is 2.51. The number of ketones is 1. The third-order valence-electron chi connectivity index (χ3n) is 7.46. The molecule has 0 spiro atoms. The SMILES string of the molecule is O=C1CC(C2CCC(O)C(O)C2)OC2CC(OC3OC(CO)C(O)C(O)C3O)CC(O)C12. The first-order chi connectivity index (χ1) is 15.2. The van der Waals surface area contributed by atoms with Gasteiger partial charge in [-0.25, -0.2) is 0 Å². The molecule has 11 heteroatoms. The van der Waals surface area contributed by atoms with Gasteiger partial charge in [-0.1, -0.05) is 0 Å². The van der Waals surface area contributed by atoms with E-state index in [0.717, 1.165) is 0 Å². The molecule has 2 aliphatic carbocycles. The van der Waals surface area contributed by atoms with Crippen molar-refractivity contribution >= 4 is 5.78 Å². The molecule has 0 bridgehead atoms. The number of fused-ring (bicyclic) bond motifs is 1. The molecule has 4 fully saturated rings. The van der Waals surface area contributed by atoms with Crippen LogP contribution in [0.1, 0.15) is 38.5 Å². The van der Waals surface area contributed by atoms with Crippen LogP contribution in [-0.2, 0) is 19.0 Å². The summed E-state index contributed by atoms with van der Waals surface area (Å²) in [7, 11) is 0. The fraction of sp³-hybridized carbons (Fsp3) is 0.952. The first-order valence-electron chi connectivity index (χ1n) is 11.4. The second kappa shape index (κ2) is 9.87. The van der Waals surface area contributed by atoms with Crippen molar-refractivity contribution in [1.29, 1.82) is 0 Å². The molecule has 2 saturated carbocycles. The monoisotopic (exact) mass is 462 g/mol. The Hall–Kier alpha value is -0.730. The van der Waals surface area contributed by atoms with Gasteiger partial charge in [0.1, 0.15) is 30.2 Å². The number of aliphatic hydroxyl groups excluding tert-OH is 7.